The third-order valence-corrected chi connectivity index (χ3v) is 10.2. The quantitative estimate of drug-likeness (QED) is 0.577. The van der Waals surface area contributed by atoms with E-state index in [9.17, 15) is 22.8 Å². The Morgan fingerprint density at radius 1 is 0.974 bits per heavy atom. The standard InChI is InChI=1S/C28H37N5O5S/c1-18-4-6-21(7-5-18)25-30-26(35)28(31-25)10-13-32(14-11-28)39(37,38)15-9-23-19(2)16-22(17-20(23)3)33-12-8-24(34)29-27(33)36/h9,15-18,21H,4-8,10-14H2,1-3H3,(H,29,34,36)(H,30,31,35)/b15-9+. The number of benzene rings is 1. The van der Waals surface area contributed by atoms with Gasteiger partial charge < -0.3 is 5.32 Å². The maximum Gasteiger partial charge on any atom is 0.328 e. The third kappa shape index (κ3) is 5.51. The fourth-order valence-electron chi connectivity index (χ4n) is 6.14. The van der Waals surface area contributed by atoms with Crippen molar-refractivity contribution in [2.24, 2.45) is 16.8 Å². The van der Waals surface area contributed by atoms with Crippen LogP contribution in [0.5, 0.6) is 0 Å². The Labute approximate surface area is 230 Å². The van der Waals surface area contributed by atoms with Gasteiger partial charge in [0, 0.05) is 43.1 Å². The van der Waals surface area contributed by atoms with Crippen molar-refractivity contribution in [3.63, 3.8) is 0 Å². The minimum Gasteiger partial charge on any atom is -0.312 e. The molecule has 2 N–H and O–H groups in total. The van der Waals surface area contributed by atoms with E-state index in [1.807, 2.05) is 26.0 Å². The molecule has 5 rings (SSSR count). The summed E-state index contributed by atoms with van der Waals surface area (Å²) in [5.74, 6) is 1.41. The maximum atomic E-state index is 13.2. The fourth-order valence-corrected chi connectivity index (χ4v) is 7.31. The largest absolute Gasteiger partial charge is 0.328 e. The first-order chi connectivity index (χ1) is 18.5. The maximum absolute atomic E-state index is 13.2. The Bertz CT molecular complexity index is 1330. The lowest BCUT2D eigenvalue weighted by atomic mass is 9.82. The van der Waals surface area contributed by atoms with Gasteiger partial charge in [-0.05, 0) is 80.3 Å². The van der Waals surface area contributed by atoms with Crippen molar-refractivity contribution in [2.75, 3.05) is 24.5 Å². The van der Waals surface area contributed by atoms with Crippen molar-refractivity contribution >= 4 is 45.5 Å². The number of piperidine rings is 1. The lowest BCUT2D eigenvalue weighted by molar-refractivity contribution is -0.125. The van der Waals surface area contributed by atoms with E-state index in [0.29, 0.717) is 36.9 Å². The summed E-state index contributed by atoms with van der Waals surface area (Å²) in [7, 11) is -3.70. The highest BCUT2D eigenvalue weighted by molar-refractivity contribution is 7.92. The molecule has 11 heteroatoms. The molecule has 39 heavy (non-hydrogen) atoms. The van der Waals surface area contributed by atoms with Crippen molar-refractivity contribution in [3.05, 3.63) is 34.2 Å². The number of hydrogen-bond acceptors (Lipinski definition) is 6. The minimum absolute atomic E-state index is 0.0956. The highest BCUT2D eigenvalue weighted by Crippen LogP contribution is 2.36. The molecule has 4 aliphatic rings. The average Bonchev–Trinajstić information content (AvgIpc) is 3.19. The van der Waals surface area contributed by atoms with Gasteiger partial charge in [-0.1, -0.05) is 19.8 Å². The molecule has 0 unspecified atom stereocenters. The second-order valence-electron chi connectivity index (χ2n) is 11.4. The second-order valence-corrected chi connectivity index (χ2v) is 13.3. The number of rotatable bonds is 5. The Morgan fingerprint density at radius 3 is 2.23 bits per heavy atom. The highest BCUT2D eigenvalue weighted by Gasteiger charge is 2.48. The van der Waals surface area contributed by atoms with Gasteiger partial charge in [-0.25, -0.2) is 13.2 Å². The van der Waals surface area contributed by atoms with Crippen LogP contribution in [-0.2, 0) is 19.6 Å². The number of aryl methyl sites for hydroxylation is 2. The predicted molar refractivity (Wildman–Crippen MR) is 150 cm³/mol. The lowest BCUT2D eigenvalue weighted by Crippen LogP contribution is -2.50. The van der Waals surface area contributed by atoms with E-state index >= 15 is 0 Å². The number of aliphatic imine (C=N–C) groups is 1. The first kappa shape index (κ1) is 27.5. The smallest absolute Gasteiger partial charge is 0.312 e. The zero-order valence-electron chi connectivity index (χ0n) is 22.8. The summed E-state index contributed by atoms with van der Waals surface area (Å²) in [6, 6.07) is 3.18. The molecule has 1 aromatic rings. The Balaban J connectivity index is 1.25. The first-order valence-corrected chi connectivity index (χ1v) is 15.3. The van der Waals surface area contributed by atoms with Crippen molar-refractivity contribution in [2.45, 2.75) is 71.3 Å². The molecular weight excluding hydrogens is 518 g/mol. The number of urea groups is 1. The van der Waals surface area contributed by atoms with E-state index in [1.54, 1.807) is 6.08 Å². The lowest BCUT2D eigenvalue weighted by Gasteiger charge is -2.34. The molecule has 1 saturated carbocycles. The van der Waals surface area contributed by atoms with Crippen LogP contribution in [0.25, 0.3) is 6.08 Å². The molecule has 1 spiro atoms. The molecule has 3 heterocycles. The van der Waals surface area contributed by atoms with Gasteiger partial charge in [0.05, 0.1) is 0 Å². The SMILES string of the molecule is Cc1cc(N2CCC(=O)NC2=O)cc(C)c1/C=C/S(=O)(=O)N1CCC2(CC1)N=C(C1CCC(C)CC1)NC2=O. The Morgan fingerprint density at radius 2 is 1.62 bits per heavy atom. The molecule has 210 valence electrons. The van der Waals surface area contributed by atoms with E-state index in [-0.39, 0.29) is 31.3 Å². The Hall–Kier alpha value is -3.05. The molecule has 0 aromatic heterocycles. The zero-order valence-corrected chi connectivity index (χ0v) is 23.6. The van der Waals surface area contributed by atoms with Crippen LogP contribution in [0.3, 0.4) is 0 Å². The van der Waals surface area contributed by atoms with E-state index in [1.165, 1.54) is 14.6 Å². The number of hydrogen-bond donors (Lipinski definition) is 2. The van der Waals surface area contributed by atoms with Crippen LogP contribution in [0.2, 0.25) is 0 Å². The monoisotopic (exact) mass is 555 g/mol. The normalized spacial score (nSPS) is 26.2. The highest BCUT2D eigenvalue weighted by atomic mass is 32.2. The van der Waals surface area contributed by atoms with Gasteiger partial charge in [0.15, 0.2) is 0 Å². The summed E-state index contributed by atoms with van der Waals surface area (Å²) >= 11 is 0. The molecule has 0 atom stereocenters. The minimum atomic E-state index is -3.70. The number of amides is 4. The summed E-state index contributed by atoms with van der Waals surface area (Å²) in [4.78, 5) is 43.0. The van der Waals surface area contributed by atoms with Crippen molar-refractivity contribution in [1.29, 1.82) is 0 Å². The summed E-state index contributed by atoms with van der Waals surface area (Å²) in [6.07, 6.45) is 6.91. The van der Waals surface area contributed by atoms with E-state index in [2.05, 4.69) is 17.6 Å². The van der Waals surface area contributed by atoms with Gasteiger partial charge in [0.1, 0.15) is 11.4 Å². The predicted octanol–water partition coefficient (Wildman–Crippen LogP) is 3.24. The van der Waals surface area contributed by atoms with Gasteiger partial charge in [-0.15, -0.1) is 0 Å². The van der Waals surface area contributed by atoms with E-state index in [4.69, 9.17) is 4.99 Å². The average molecular weight is 556 g/mol. The van der Waals surface area contributed by atoms with Crippen LogP contribution in [0.15, 0.2) is 22.5 Å². The molecule has 1 aromatic carbocycles. The zero-order chi connectivity index (χ0) is 27.9. The van der Waals surface area contributed by atoms with Crippen molar-refractivity contribution in [1.82, 2.24) is 14.9 Å². The summed E-state index contributed by atoms with van der Waals surface area (Å²) in [5.41, 5.74) is 2.20. The van der Waals surface area contributed by atoms with Gasteiger partial charge in [0.25, 0.3) is 5.91 Å². The Kier molecular flexibility index (Phi) is 7.41. The molecule has 3 fully saturated rings. The second kappa shape index (κ2) is 10.5. The number of nitrogens with one attached hydrogen (secondary N) is 2. The molecule has 0 radical (unpaired) electrons. The number of amidine groups is 1. The molecule has 10 nitrogen and oxygen atoms in total. The van der Waals surface area contributed by atoms with Gasteiger partial charge in [-0.2, -0.15) is 4.31 Å². The van der Waals surface area contributed by atoms with Gasteiger partial charge >= 0.3 is 6.03 Å². The topological polar surface area (TPSA) is 128 Å². The van der Waals surface area contributed by atoms with Crippen molar-refractivity contribution < 1.29 is 22.8 Å². The van der Waals surface area contributed by atoms with E-state index < -0.39 is 21.6 Å². The van der Waals surface area contributed by atoms with Crippen LogP contribution in [0.4, 0.5) is 10.5 Å². The number of carbonyl (C=O) groups excluding carboxylic acids is 3. The molecular formula is C28H37N5O5S. The fraction of sp³-hybridized carbons (Fsp3) is 0.571. The summed E-state index contributed by atoms with van der Waals surface area (Å²) in [5, 5.41) is 6.57. The van der Waals surface area contributed by atoms with Crippen LogP contribution >= 0.6 is 0 Å². The van der Waals surface area contributed by atoms with Gasteiger partial charge in [-0.3, -0.25) is 24.8 Å². The number of imide groups is 1. The number of sulfonamides is 1. The number of anilines is 1. The summed E-state index contributed by atoms with van der Waals surface area (Å²) in [6.45, 7) is 6.75. The van der Waals surface area contributed by atoms with Crippen LogP contribution in [-0.4, -0.2) is 61.6 Å². The molecule has 3 aliphatic heterocycles. The third-order valence-electron chi connectivity index (χ3n) is 8.66. The van der Waals surface area contributed by atoms with Crippen LogP contribution in [0, 0.1) is 25.7 Å². The first-order valence-electron chi connectivity index (χ1n) is 13.8. The number of carbonyl (C=O) groups is 3. The van der Waals surface area contributed by atoms with Crippen molar-refractivity contribution in [3.8, 4) is 0 Å². The van der Waals surface area contributed by atoms with Gasteiger partial charge in [0.2, 0.25) is 15.9 Å². The van der Waals surface area contributed by atoms with Crippen LogP contribution in [0.1, 0.15) is 68.6 Å². The summed E-state index contributed by atoms with van der Waals surface area (Å²) < 4.78 is 27.8. The molecule has 4 amide bonds. The molecule has 0 bridgehead atoms. The van der Waals surface area contributed by atoms with E-state index in [0.717, 1.165) is 48.2 Å². The molecule has 1 aliphatic carbocycles. The number of nitrogens with zero attached hydrogens (tertiary/aromatic N) is 3. The van der Waals surface area contributed by atoms with Crippen LogP contribution < -0.4 is 15.5 Å². The molecule has 2 saturated heterocycles.